The Morgan fingerprint density at radius 3 is 2.33 bits per heavy atom. The van der Waals surface area contributed by atoms with E-state index in [9.17, 15) is 22.0 Å². The number of anilines is 1. The Labute approximate surface area is 114 Å². The van der Waals surface area contributed by atoms with Gasteiger partial charge in [0.15, 0.2) is 0 Å². The van der Waals surface area contributed by atoms with Crippen LogP contribution in [0.5, 0.6) is 5.75 Å². The van der Waals surface area contributed by atoms with Gasteiger partial charge in [0.2, 0.25) is 5.71 Å². The molecule has 0 spiro atoms. The van der Waals surface area contributed by atoms with Gasteiger partial charge in [-0.15, -0.1) is 0 Å². The number of ether oxygens (including phenoxy) is 1. The number of benzene rings is 1. The summed E-state index contributed by atoms with van der Waals surface area (Å²) in [6, 6.07) is 4.88. The van der Waals surface area contributed by atoms with Crippen molar-refractivity contribution in [1.82, 2.24) is 0 Å². The average molecular weight is 304 g/mol. The van der Waals surface area contributed by atoms with Crippen LogP contribution in [0.25, 0.3) is 0 Å². The first kappa shape index (κ1) is 16.2. The van der Waals surface area contributed by atoms with Crippen molar-refractivity contribution in [2.75, 3.05) is 5.43 Å². The van der Waals surface area contributed by atoms with Gasteiger partial charge in [-0.2, -0.15) is 37.6 Å². The first-order valence-electron chi connectivity index (χ1n) is 5.08. The summed E-state index contributed by atoms with van der Waals surface area (Å²) >= 11 is 0. The minimum Gasteiger partial charge on any atom is -0.434 e. The quantitative estimate of drug-likeness (QED) is 0.526. The first-order chi connectivity index (χ1) is 9.77. The minimum atomic E-state index is -4.93. The Morgan fingerprint density at radius 1 is 1.24 bits per heavy atom. The van der Waals surface area contributed by atoms with Crippen molar-refractivity contribution in [3.8, 4) is 17.9 Å². The summed E-state index contributed by atoms with van der Waals surface area (Å²) in [6.07, 6.45) is -4.93. The second-order valence-corrected chi connectivity index (χ2v) is 3.38. The molecule has 0 unspecified atom stereocenters. The maximum Gasteiger partial charge on any atom is 0.420 e. The zero-order valence-corrected chi connectivity index (χ0v) is 9.95. The molecule has 0 radical (unpaired) electrons. The molecule has 10 heteroatoms. The lowest BCUT2D eigenvalue weighted by Gasteiger charge is -2.14. The van der Waals surface area contributed by atoms with Gasteiger partial charge in [0.25, 0.3) is 0 Å². The Balaban J connectivity index is 3.15. The molecule has 1 aromatic rings. The standard InChI is InChI=1S/C11H5F5N4O/c12-10(13)21-9-2-1-6(3-8(9)11(14,15)16)19-20-7(4-17)5-18/h1-3,10,19H. The van der Waals surface area contributed by atoms with E-state index in [1.807, 2.05) is 5.43 Å². The van der Waals surface area contributed by atoms with Gasteiger partial charge in [-0.1, -0.05) is 0 Å². The molecule has 1 rings (SSSR count). The molecule has 0 saturated heterocycles. The fraction of sp³-hybridized carbons (Fsp3) is 0.182. The molecule has 5 nitrogen and oxygen atoms in total. The lowest BCUT2D eigenvalue weighted by atomic mass is 10.1. The van der Waals surface area contributed by atoms with Crippen molar-refractivity contribution >= 4 is 11.4 Å². The van der Waals surface area contributed by atoms with Crippen LogP contribution in [0.15, 0.2) is 23.3 Å². The van der Waals surface area contributed by atoms with Crippen molar-refractivity contribution in [2.24, 2.45) is 5.10 Å². The highest BCUT2D eigenvalue weighted by molar-refractivity contribution is 6.10. The van der Waals surface area contributed by atoms with E-state index in [-0.39, 0.29) is 5.69 Å². The van der Waals surface area contributed by atoms with Gasteiger partial charge in [0.1, 0.15) is 17.9 Å². The Bertz CT molecular complexity index is 611. The zero-order chi connectivity index (χ0) is 16.0. The molecule has 0 fully saturated rings. The van der Waals surface area contributed by atoms with Crippen LogP contribution in [0.1, 0.15) is 5.56 Å². The lowest BCUT2D eigenvalue weighted by Crippen LogP contribution is -2.12. The molecule has 1 N–H and O–H groups in total. The van der Waals surface area contributed by atoms with Gasteiger partial charge < -0.3 is 4.74 Å². The third-order valence-corrected chi connectivity index (χ3v) is 2.01. The highest BCUT2D eigenvalue weighted by Crippen LogP contribution is 2.38. The van der Waals surface area contributed by atoms with E-state index in [1.165, 1.54) is 12.1 Å². The van der Waals surface area contributed by atoms with Gasteiger partial charge in [-0.05, 0) is 18.2 Å². The SMILES string of the molecule is N#CC(C#N)=NNc1ccc(OC(F)F)c(C(F)(F)F)c1. The molecular formula is C11H5F5N4O. The van der Waals surface area contributed by atoms with Gasteiger partial charge in [-0.3, -0.25) is 5.43 Å². The number of hydrazone groups is 1. The Hall–Kier alpha value is -2.88. The molecule has 21 heavy (non-hydrogen) atoms. The van der Waals surface area contributed by atoms with Crippen LogP contribution in [0.3, 0.4) is 0 Å². The number of nitrogens with one attached hydrogen (secondary N) is 1. The van der Waals surface area contributed by atoms with Crippen molar-refractivity contribution in [3.05, 3.63) is 23.8 Å². The number of rotatable bonds is 4. The summed E-state index contributed by atoms with van der Waals surface area (Å²) in [4.78, 5) is 0. The molecular weight excluding hydrogens is 299 g/mol. The maximum atomic E-state index is 12.7. The Kier molecular flexibility index (Phi) is 5.02. The summed E-state index contributed by atoms with van der Waals surface area (Å²) in [7, 11) is 0. The van der Waals surface area contributed by atoms with Crippen molar-refractivity contribution < 1.29 is 26.7 Å². The molecule has 1 aromatic carbocycles. The smallest absolute Gasteiger partial charge is 0.420 e. The molecule has 0 bridgehead atoms. The average Bonchev–Trinajstić information content (AvgIpc) is 2.39. The lowest BCUT2D eigenvalue weighted by molar-refractivity contribution is -0.141. The normalized spacial score (nSPS) is 10.5. The molecule has 0 heterocycles. The summed E-state index contributed by atoms with van der Waals surface area (Å²) in [6.45, 7) is -3.41. The van der Waals surface area contributed by atoms with Gasteiger partial charge in [-0.25, -0.2) is 0 Å². The van der Waals surface area contributed by atoms with E-state index in [0.717, 1.165) is 6.07 Å². The van der Waals surface area contributed by atoms with Crippen LogP contribution in [-0.2, 0) is 6.18 Å². The van der Waals surface area contributed by atoms with E-state index in [1.54, 1.807) is 0 Å². The molecule has 0 aliphatic heterocycles. The molecule has 0 amide bonds. The summed E-state index contributed by atoms with van der Waals surface area (Å²) < 4.78 is 66.0. The number of halogens is 5. The predicted molar refractivity (Wildman–Crippen MR) is 60.4 cm³/mol. The maximum absolute atomic E-state index is 12.7. The zero-order valence-electron chi connectivity index (χ0n) is 9.95. The second-order valence-electron chi connectivity index (χ2n) is 3.38. The number of alkyl halides is 5. The van der Waals surface area contributed by atoms with Crippen LogP contribution >= 0.6 is 0 Å². The third-order valence-electron chi connectivity index (χ3n) is 2.01. The largest absolute Gasteiger partial charge is 0.434 e. The number of hydrogen-bond donors (Lipinski definition) is 1. The first-order valence-corrected chi connectivity index (χ1v) is 5.08. The molecule has 0 saturated carbocycles. The second kappa shape index (κ2) is 6.52. The molecule has 0 aliphatic rings. The summed E-state index contributed by atoms with van der Waals surface area (Å²) in [5, 5.41) is 20.0. The highest BCUT2D eigenvalue weighted by atomic mass is 19.4. The molecule has 0 aliphatic carbocycles. The van der Waals surface area contributed by atoms with Crippen LogP contribution in [0.4, 0.5) is 27.6 Å². The van der Waals surface area contributed by atoms with Crippen molar-refractivity contribution in [3.63, 3.8) is 0 Å². The van der Waals surface area contributed by atoms with Crippen LogP contribution in [-0.4, -0.2) is 12.3 Å². The number of hydrogen-bond acceptors (Lipinski definition) is 5. The molecule has 0 aromatic heterocycles. The van der Waals surface area contributed by atoms with Gasteiger partial charge in [0, 0.05) is 0 Å². The van der Waals surface area contributed by atoms with E-state index >= 15 is 0 Å². The van der Waals surface area contributed by atoms with Gasteiger partial charge >= 0.3 is 12.8 Å². The van der Waals surface area contributed by atoms with Crippen LogP contribution in [0.2, 0.25) is 0 Å². The molecule has 0 atom stereocenters. The predicted octanol–water partition coefficient (Wildman–Crippen LogP) is 3.12. The summed E-state index contributed by atoms with van der Waals surface area (Å²) in [5.41, 5.74) is -0.278. The van der Waals surface area contributed by atoms with E-state index in [4.69, 9.17) is 10.5 Å². The summed E-state index contributed by atoms with van der Waals surface area (Å²) in [5.74, 6) is -1.05. The highest BCUT2D eigenvalue weighted by Gasteiger charge is 2.35. The Morgan fingerprint density at radius 2 is 1.86 bits per heavy atom. The topological polar surface area (TPSA) is 81.2 Å². The van der Waals surface area contributed by atoms with Crippen molar-refractivity contribution in [1.29, 1.82) is 10.5 Å². The van der Waals surface area contributed by atoms with E-state index in [2.05, 4.69) is 9.84 Å². The third kappa shape index (κ3) is 4.62. The van der Waals surface area contributed by atoms with Crippen molar-refractivity contribution in [2.45, 2.75) is 12.8 Å². The van der Waals surface area contributed by atoms with E-state index < -0.39 is 29.8 Å². The monoisotopic (exact) mass is 304 g/mol. The fourth-order valence-electron chi connectivity index (χ4n) is 1.22. The number of nitrogens with zero attached hydrogens (tertiary/aromatic N) is 3. The fourth-order valence-corrected chi connectivity index (χ4v) is 1.22. The number of nitriles is 2. The van der Waals surface area contributed by atoms with Crippen LogP contribution in [0, 0.1) is 22.7 Å². The van der Waals surface area contributed by atoms with E-state index in [0.29, 0.717) is 12.1 Å². The minimum absolute atomic E-state index is 0.257. The van der Waals surface area contributed by atoms with Gasteiger partial charge in [0.05, 0.1) is 11.3 Å². The molecule has 110 valence electrons. The van der Waals surface area contributed by atoms with Crippen LogP contribution < -0.4 is 10.2 Å².